The van der Waals surface area contributed by atoms with Gasteiger partial charge in [-0.1, -0.05) is 11.6 Å². The molecule has 1 aliphatic heterocycles. The van der Waals surface area contributed by atoms with E-state index in [0.29, 0.717) is 0 Å². The molecule has 0 unspecified atom stereocenters. The van der Waals surface area contributed by atoms with Gasteiger partial charge in [0, 0.05) is 20.2 Å². The van der Waals surface area contributed by atoms with E-state index in [9.17, 15) is 13.5 Å². The van der Waals surface area contributed by atoms with Crippen LogP contribution < -0.4 is 0 Å². The first kappa shape index (κ1) is 13.3. The Morgan fingerprint density at radius 2 is 2.29 bits per heavy atom. The molecule has 1 aliphatic rings. The van der Waals surface area contributed by atoms with Gasteiger partial charge >= 0.3 is 0 Å². The predicted molar refractivity (Wildman–Crippen MR) is 64.9 cm³/mol. The van der Waals surface area contributed by atoms with Gasteiger partial charge in [-0.05, 0) is 11.4 Å². The van der Waals surface area contributed by atoms with Crippen LogP contribution in [-0.4, -0.2) is 50.2 Å². The van der Waals surface area contributed by atoms with Gasteiger partial charge in [-0.2, -0.15) is 4.31 Å². The average molecular weight is 298 g/mol. The molecule has 1 fully saturated rings. The van der Waals surface area contributed by atoms with Gasteiger partial charge in [0.25, 0.3) is 10.0 Å². The molecule has 0 radical (unpaired) electrons. The molecule has 1 aromatic rings. The highest BCUT2D eigenvalue weighted by Crippen LogP contribution is 2.31. The number of thiophene rings is 1. The maximum absolute atomic E-state index is 12.2. The van der Waals surface area contributed by atoms with Crippen molar-refractivity contribution in [2.75, 3.05) is 20.2 Å². The molecular weight excluding hydrogens is 286 g/mol. The highest BCUT2D eigenvalue weighted by atomic mass is 35.5. The standard InChI is InChI=1S/C9H12ClNO4S2/c1-15-8-5-11(4-7(8)12)17(13,14)9-6(10)2-3-16-9/h2-3,7-8,12H,4-5H2,1H3/t7-,8-/m1/s1. The second-order valence-electron chi connectivity index (χ2n) is 3.72. The molecule has 2 atom stereocenters. The molecule has 17 heavy (non-hydrogen) atoms. The molecule has 2 rings (SSSR count). The lowest BCUT2D eigenvalue weighted by Gasteiger charge is -2.14. The number of halogens is 1. The summed E-state index contributed by atoms with van der Waals surface area (Å²) < 4.78 is 30.7. The van der Waals surface area contributed by atoms with E-state index in [2.05, 4.69) is 0 Å². The summed E-state index contributed by atoms with van der Waals surface area (Å²) in [7, 11) is -2.18. The monoisotopic (exact) mass is 297 g/mol. The van der Waals surface area contributed by atoms with Crippen LogP contribution in [0, 0.1) is 0 Å². The normalized spacial score (nSPS) is 26.5. The van der Waals surface area contributed by atoms with Crippen molar-refractivity contribution in [2.45, 2.75) is 16.4 Å². The number of ether oxygens (including phenoxy) is 1. The Labute approximate surface area is 109 Å². The molecule has 1 aromatic heterocycles. The number of β-amino-alcohol motifs (C(OH)–C–C–N with tert-alkyl or cyclic N) is 1. The second kappa shape index (κ2) is 4.83. The molecule has 0 aromatic carbocycles. The van der Waals surface area contributed by atoms with Crippen LogP contribution in [0.25, 0.3) is 0 Å². The Bertz CT molecular complexity index is 501. The van der Waals surface area contributed by atoms with Crippen LogP contribution in [0.2, 0.25) is 5.02 Å². The minimum absolute atomic E-state index is 0.0368. The molecule has 0 aliphatic carbocycles. The van der Waals surface area contributed by atoms with Crippen molar-refractivity contribution in [3.05, 3.63) is 16.5 Å². The molecule has 2 heterocycles. The van der Waals surface area contributed by atoms with Crippen molar-refractivity contribution < 1.29 is 18.3 Å². The summed E-state index contributed by atoms with van der Waals surface area (Å²) >= 11 is 6.89. The van der Waals surface area contributed by atoms with Gasteiger partial charge in [-0.3, -0.25) is 0 Å². The molecule has 0 bridgehead atoms. The van der Waals surface area contributed by atoms with E-state index in [1.54, 1.807) is 11.4 Å². The Morgan fingerprint density at radius 1 is 1.59 bits per heavy atom. The van der Waals surface area contributed by atoms with Crippen molar-refractivity contribution >= 4 is 33.0 Å². The molecule has 1 N–H and O–H groups in total. The molecule has 0 spiro atoms. The van der Waals surface area contributed by atoms with Gasteiger partial charge in [-0.15, -0.1) is 11.3 Å². The van der Waals surface area contributed by atoms with E-state index in [0.717, 1.165) is 11.3 Å². The summed E-state index contributed by atoms with van der Waals surface area (Å²) in [6, 6.07) is 1.54. The maximum atomic E-state index is 12.2. The van der Waals surface area contributed by atoms with Crippen molar-refractivity contribution in [3.63, 3.8) is 0 Å². The lowest BCUT2D eigenvalue weighted by molar-refractivity contribution is 0.0216. The molecular formula is C9H12ClNO4S2. The summed E-state index contributed by atoms with van der Waals surface area (Å²) in [5.41, 5.74) is 0. The van der Waals surface area contributed by atoms with Crippen LogP contribution in [-0.2, 0) is 14.8 Å². The number of rotatable bonds is 3. The van der Waals surface area contributed by atoms with E-state index in [-0.39, 0.29) is 22.3 Å². The third-order valence-corrected chi connectivity index (χ3v) is 6.50. The van der Waals surface area contributed by atoms with Crippen LogP contribution in [0.1, 0.15) is 0 Å². The van der Waals surface area contributed by atoms with Gasteiger partial charge in [0.15, 0.2) is 4.21 Å². The van der Waals surface area contributed by atoms with E-state index in [4.69, 9.17) is 16.3 Å². The molecule has 5 nitrogen and oxygen atoms in total. The lowest BCUT2D eigenvalue weighted by Crippen LogP contribution is -2.29. The Hall–Kier alpha value is -0.180. The third-order valence-electron chi connectivity index (χ3n) is 2.66. The van der Waals surface area contributed by atoms with Crippen LogP contribution >= 0.6 is 22.9 Å². The number of hydrogen-bond donors (Lipinski definition) is 1. The largest absolute Gasteiger partial charge is 0.389 e. The summed E-state index contributed by atoms with van der Waals surface area (Å²) in [6.45, 7) is 0.184. The van der Waals surface area contributed by atoms with Crippen molar-refractivity contribution in [1.29, 1.82) is 0 Å². The SMILES string of the molecule is CO[C@@H]1CN(S(=O)(=O)c2sccc2Cl)C[C@H]1O. The van der Waals surface area contributed by atoms with Crippen LogP contribution in [0.3, 0.4) is 0 Å². The van der Waals surface area contributed by atoms with Crippen molar-refractivity contribution in [3.8, 4) is 0 Å². The summed E-state index contributed by atoms with van der Waals surface area (Å²) in [5.74, 6) is 0. The number of methoxy groups -OCH3 is 1. The third kappa shape index (κ3) is 2.35. The average Bonchev–Trinajstić information content (AvgIpc) is 2.84. The Kier molecular flexibility index (Phi) is 3.77. The van der Waals surface area contributed by atoms with Gasteiger partial charge in [0.05, 0.1) is 17.2 Å². The number of sulfonamides is 1. The quantitative estimate of drug-likeness (QED) is 0.895. The number of hydrogen-bond acceptors (Lipinski definition) is 5. The molecule has 1 saturated heterocycles. The second-order valence-corrected chi connectivity index (χ2v) is 7.18. The first-order chi connectivity index (χ1) is 7.96. The highest BCUT2D eigenvalue weighted by molar-refractivity contribution is 7.91. The van der Waals surface area contributed by atoms with E-state index >= 15 is 0 Å². The Morgan fingerprint density at radius 3 is 2.76 bits per heavy atom. The van der Waals surface area contributed by atoms with E-state index in [1.165, 1.54) is 11.4 Å². The van der Waals surface area contributed by atoms with Crippen molar-refractivity contribution in [1.82, 2.24) is 4.31 Å². The zero-order valence-electron chi connectivity index (χ0n) is 9.04. The summed E-state index contributed by atoms with van der Waals surface area (Å²) in [6.07, 6.45) is -1.28. The summed E-state index contributed by atoms with van der Waals surface area (Å²) in [5, 5.41) is 11.5. The van der Waals surface area contributed by atoms with Gasteiger partial charge in [-0.25, -0.2) is 8.42 Å². The molecule has 96 valence electrons. The topological polar surface area (TPSA) is 66.8 Å². The molecule has 8 heteroatoms. The molecule has 0 amide bonds. The van der Waals surface area contributed by atoms with Gasteiger partial charge in [0.2, 0.25) is 0 Å². The zero-order valence-corrected chi connectivity index (χ0v) is 11.4. The number of aliphatic hydroxyl groups excluding tert-OH is 1. The van der Waals surface area contributed by atoms with Crippen LogP contribution in [0.15, 0.2) is 15.7 Å². The van der Waals surface area contributed by atoms with E-state index < -0.39 is 22.2 Å². The minimum atomic E-state index is -3.62. The first-order valence-corrected chi connectivity index (χ1v) is 7.60. The van der Waals surface area contributed by atoms with E-state index in [1.807, 2.05) is 0 Å². The zero-order chi connectivity index (χ0) is 12.6. The first-order valence-electron chi connectivity index (χ1n) is 4.91. The predicted octanol–water partition coefficient (Wildman–Crippen LogP) is 0.782. The fraction of sp³-hybridized carbons (Fsp3) is 0.556. The minimum Gasteiger partial charge on any atom is -0.389 e. The van der Waals surface area contributed by atoms with Crippen LogP contribution in [0.5, 0.6) is 0 Å². The number of nitrogens with zero attached hydrogens (tertiary/aromatic N) is 1. The summed E-state index contributed by atoms with van der Waals surface area (Å²) in [4.78, 5) is 0. The smallest absolute Gasteiger partial charge is 0.254 e. The Balaban J connectivity index is 2.27. The maximum Gasteiger partial charge on any atom is 0.254 e. The fourth-order valence-electron chi connectivity index (χ4n) is 1.73. The van der Waals surface area contributed by atoms with Gasteiger partial charge < -0.3 is 9.84 Å². The fourth-order valence-corrected chi connectivity index (χ4v) is 5.01. The van der Waals surface area contributed by atoms with Crippen LogP contribution in [0.4, 0.5) is 0 Å². The molecule has 0 saturated carbocycles. The highest BCUT2D eigenvalue weighted by Gasteiger charge is 2.39. The van der Waals surface area contributed by atoms with Crippen molar-refractivity contribution in [2.24, 2.45) is 0 Å². The van der Waals surface area contributed by atoms with Gasteiger partial charge in [0.1, 0.15) is 0 Å². The number of aliphatic hydroxyl groups is 1. The lowest BCUT2D eigenvalue weighted by atomic mass is 10.3.